The van der Waals surface area contributed by atoms with Crippen molar-refractivity contribution in [3.63, 3.8) is 0 Å². The van der Waals surface area contributed by atoms with E-state index in [0.29, 0.717) is 12.5 Å². The van der Waals surface area contributed by atoms with Crippen LogP contribution in [-0.2, 0) is 10.2 Å². The van der Waals surface area contributed by atoms with E-state index in [1.807, 2.05) is 0 Å². The number of aromatic nitrogens is 2. The SMILES string of the molecule is CCOC(=O)c1noc(C2(C)CCCC2)n1. The average Bonchev–Trinajstić information content (AvgIpc) is 2.86. The van der Waals surface area contributed by atoms with Gasteiger partial charge in [-0.3, -0.25) is 0 Å². The van der Waals surface area contributed by atoms with Crippen LogP contribution < -0.4 is 0 Å². The van der Waals surface area contributed by atoms with E-state index < -0.39 is 5.97 Å². The molecule has 88 valence electrons. The lowest BCUT2D eigenvalue weighted by molar-refractivity contribution is 0.0508. The van der Waals surface area contributed by atoms with Gasteiger partial charge in [-0.15, -0.1) is 0 Å². The van der Waals surface area contributed by atoms with E-state index in [-0.39, 0.29) is 11.2 Å². The van der Waals surface area contributed by atoms with E-state index in [1.165, 1.54) is 12.8 Å². The quantitative estimate of drug-likeness (QED) is 0.735. The van der Waals surface area contributed by atoms with Crippen molar-refractivity contribution >= 4 is 5.97 Å². The molecule has 0 N–H and O–H groups in total. The molecule has 1 saturated carbocycles. The molecule has 1 aromatic rings. The second-order valence-electron chi connectivity index (χ2n) is 4.41. The predicted octanol–water partition coefficient (Wildman–Crippen LogP) is 2.08. The molecular formula is C11H16N2O3. The van der Waals surface area contributed by atoms with E-state index in [1.54, 1.807) is 6.92 Å². The van der Waals surface area contributed by atoms with Crippen LogP contribution in [0, 0.1) is 0 Å². The molecule has 2 rings (SSSR count). The number of carbonyl (C=O) groups is 1. The molecular weight excluding hydrogens is 208 g/mol. The van der Waals surface area contributed by atoms with Crippen molar-refractivity contribution in [1.29, 1.82) is 0 Å². The van der Waals surface area contributed by atoms with Gasteiger partial charge in [0.25, 0.3) is 5.82 Å². The Morgan fingerprint density at radius 3 is 2.81 bits per heavy atom. The maximum atomic E-state index is 11.4. The van der Waals surface area contributed by atoms with Crippen molar-refractivity contribution in [2.45, 2.75) is 44.9 Å². The Hall–Kier alpha value is -1.39. The van der Waals surface area contributed by atoms with Crippen molar-refractivity contribution < 1.29 is 14.1 Å². The number of carbonyl (C=O) groups excluding carboxylic acids is 1. The van der Waals surface area contributed by atoms with Crippen molar-refractivity contribution in [2.24, 2.45) is 0 Å². The first-order valence-electron chi connectivity index (χ1n) is 5.67. The van der Waals surface area contributed by atoms with Gasteiger partial charge in [-0.25, -0.2) is 4.79 Å². The van der Waals surface area contributed by atoms with Crippen LogP contribution in [-0.4, -0.2) is 22.7 Å². The molecule has 0 bridgehead atoms. The summed E-state index contributed by atoms with van der Waals surface area (Å²) < 4.78 is 9.97. The van der Waals surface area contributed by atoms with Gasteiger partial charge in [0.2, 0.25) is 5.89 Å². The number of ether oxygens (including phenoxy) is 1. The minimum absolute atomic E-state index is 0.0324. The lowest BCUT2D eigenvalue weighted by Crippen LogP contribution is -2.17. The fourth-order valence-corrected chi connectivity index (χ4v) is 2.12. The standard InChI is InChI=1S/C11H16N2O3/c1-3-15-9(14)8-12-10(16-13-8)11(2)6-4-5-7-11/h3-7H2,1-2H3. The predicted molar refractivity (Wildman–Crippen MR) is 56.1 cm³/mol. The van der Waals surface area contributed by atoms with Crippen molar-refractivity contribution in [3.8, 4) is 0 Å². The second-order valence-corrected chi connectivity index (χ2v) is 4.41. The highest BCUT2D eigenvalue weighted by Crippen LogP contribution is 2.39. The molecule has 0 aromatic carbocycles. The van der Waals surface area contributed by atoms with Crippen LogP contribution in [0.1, 0.15) is 56.0 Å². The van der Waals surface area contributed by atoms with Crippen LogP contribution >= 0.6 is 0 Å². The van der Waals surface area contributed by atoms with Gasteiger partial charge < -0.3 is 9.26 Å². The summed E-state index contributed by atoms with van der Waals surface area (Å²) in [5.41, 5.74) is -0.0578. The highest BCUT2D eigenvalue weighted by Gasteiger charge is 2.36. The molecule has 16 heavy (non-hydrogen) atoms. The molecule has 0 saturated heterocycles. The minimum atomic E-state index is -0.515. The van der Waals surface area contributed by atoms with Crippen LogP contribution in [0.4, 0.5) is 0 Å². The smallest absolute Gasteiger partial charge is 0.379 e. The first-order chi connectivity index (χ1) is 7.65. The average molecular weight is 224 g/mol. The minimum Gasteiger partial charge on any atom is -0.460 e. The molecule has 1 aliphatic rings. The van der Waals surface area contributed by atoms with Crippen molar-refractivity contribution in [3.05, 3.63) is 11.7 Å². The van der Waals surface area contributed by atoms with Crippen LogP contribution in [0.5, 0.6) is 0 Å². The van der Waals surface area contributed by atoms with Gasteiger partial charge in [0.1, 0.15) is 0 Å². The Kier molecular flexibility index (Phi) is 2.94. The normalized spacial score (nSPS) is 18.6. The first-order valence-corrected chi connectivity index (χ1v) is 5.67. The molecule has 1 aliphatic carbocycles. The molecule has 1 fully saturated rings. The Balaban J connectivity index is 2.16. The number of hydrogen-bond acceptors (Lipinski definition) is 5. The van der Waals surface area contributed by atoms with E-state index in [0.717, 1.165) is 12.8 Å². The zero-order chi connectivity index (χ0) is 11.6. The van der Waals surface area contributed by atoms with Gasteiger partial charge in [0, 0.05) is 5.41 Å². The van der Waals surface area contributed by atoms with Gasteiger partial charge in [-0.2, -0.15) is 4.98 Å². The number of rotatable bonds is 3. The summed E-state index contributed by atoms with van der Waals surface area (Å²) in [5.74, 6) is 0.0807. The summed E-state index contributed by atoms with van der Waals surface area (Å²) in [7, 11) is 0. The molecule has 5 heteroatoms. The maximum Gasteiger partial charge on any atom is 0.379 e. The number of esters is 1. The Morgan fingerprint density at radius 1 is 1.50 bits per heavy atom. The van der Waals surface area contributed by atoms with Crippen LogP contribution in [0.2, 0.25) is 0 Å². The van der Waals surface area contributed by atoms with Crippen molar-refractivity contribution in [2.75, 3.05) is 6.61 Å². The van der Waals surface area contributed by atoms with Gasteiger partial charge in [0.05, 0.1) is 6.61 Å². The molecule has 1 heterocycles. The topological polar surface area (TPSA) is 65.2 Å². The van der Waals surface area contributed by atoms with Crippen LogP contribution in [0.15, 0.2) is 4.52 Å². The molecule has 0 amide bonds. The summed E-state index contributed by atoms with van der Waals surface area (Å²) >= 11 is 0. The fraction of sp³-hybridized carbons (Fsp3) is 0.727. The molecule has 1 aromatic heterocycles. The van der Waals surface area contributed by atoms with Gasteiger partial charge in [-0.05, 0) is 24.9 Å². The summed E-state index contributed by atoms with van der Waals surface area (Å²) in [5, 5.41) is 3.66. The van der Waals surface area contributed by atoms with Crippen molar-refractivity contribution in [1.82, 2.24) is 10.1 Å². The molecule has 0 atom stereocenters. The second kappa shape index (κ2) is 4.23. The Bertz CT molecular complexity index is 380. The molecule has 0 radical (unpaired) electrons. The van der Waals surface area contributed by atoms with Gasteiger partial charge >= 0.3 is 5.97 Å². The molecule has 5 nitrogen and oxygen atoms in total. The lowest BCUT2D eigenvalue weighted by Gasteiger charge is -2.16. The summed E-state index contributed by atoms with van der Waals surface area (Å²) in [6.07, 6.45) is 4.43. The molecule has 0 spiro atoms. The zero-order valence-electron chi connectivity index (χ0n) is 9.65. The maximum absolute atomic E-state index is 11.4. The van der Waals surface area contributed by atoms with E-state index in [4.69, 9.17) is 9.26 Å². The van der Waals surface area contributed by atoms with Gasteiger partial charge in [0.15, 0.2) is 0 Å². The number of hydrogen-bond donors (Lipinski definition) is 0. The molecule has 0 aliphatic heterocycles. The molecule has 0 unspecified atom stereocenters. The first kappa shape index (κ1) is 11.1. The van der Waals surface area contributed by atoms with Crippen LogP contribution in [0.25, 0.3) is 0 Å². The monoisotopic (exact) mass is 224 g/mol. The third-order valence-corrected chi connectivity index (χ3v) is 3.11. The van der Waals surface area contributed by atoms with Gasteiger partial charge in [-0.1, -0.05) is 19.8 Å². The summed E-state index contributed by atoms with van der Waals surface area (Å²) in [4.78, 5) is 15.5. The lowest BCUT2D eigenvalue weighted by atomic mass is 9.89. The van der Waals surface area contributed by atoms with E-state index in [2.05, 4.69) is 17.1 Å². The highest BCUT2D eigenvalue weighted by atomic mass is 16.5. The third kappa shape index (κ3) is 1.94. The summed E-state index contributed by atoms with van der Waals surface area (Å²) in [6, 6.07) is 0. The largest absolute Gasteiger partial charge is 0.460 e. The Morgan fingerprint density at radius 2 is 2.19 bits per heavy atom. The fourth-order valence-electron chi connectivity index (χ4n) is 2.12. The highest BCUT2D eigenvalue weighted by molar-refractivity contribution is 5.84. The van der Waals surface area contributed by atoms with Crippen LogP contribution in [0.3, 0.4) is 0 Å². The zero-order valence-corrected chi connectivity index (χ0v) is 9.65. The number of nitrogens with zero attached hydrogens (tertiary/aromatic N) is 2. The Labute approximate surface area is 94.2 Å². The van der Waals surface area contributed by atoms with E-state index in [9.17, 15) is 4.79 Å². The van der Waals surface area contributed by atoms with E-state index >= 15 is 0 Å². The summed E-state index contributed by atoms with van der Waals surface area (Å²) in [6.45, 7) is 4.17. The third-order valence-electron chi connectivity index (χ3n) is 3.11.